The molecule has 100 valence electrons. The Bertz CT molecular complexity index is 698. The summed E-state index contributed by atoms with van der Waals surface area (Å²) in [6, 6.07) is 17.9. The molecule has 3 aromatic rings. The Kier molecular flexibility index (Phi) is 4.25. The van der Waals surface area contributed by atoms with E-state index >= 15 is 0 Å². The van der Waals surface area contributed by atoms with E-state index < -0.39 is 0 Å². The van der Waals surface area contributed by atoms with E-state index in [1.54, 1.807) is 11.3 Å². The van der Waals surface area contributed by atoms with E-state index in [1.165, 1.54) is 11.9 Å². The summed E-state index contributed by atoms with van der Waals surface area (Å²) in [6.07, 6.45) is 0. The van der Waals surface area contributed by atoms with Gasteiger partial charge in [0.15, 0.2) is 0 Å². The molecule has 2 aromatic carbocycles. The zero-order chi connectivity index (χ0) is 13.8. The number of nitrogens with one attached hydrogen (secondary N) is 1. The number of halogens is 1. The predicted molar refractivity (Wildman–Crippen MR) is 88.5 cm³/mol. The van der Waals surface area contributed by atoms with E-state index in [0.29, 0.717) is 0 Å². The third kappa shape index (κ3) is 3.15. The van der Waals surface area contributed by atoms with E-state index in [9.17, 15) is 0 Å². The molecular formula is C15H11ClN2S2. The number of hydrogen-bond donors (Lipinski definition) is 1. The lowest BCUT2D eigenvalue weighted by molar-refractivity contribution is 1.40. The number of aromatic nitrogens is 1. The normalized spacial score (nSPS) is 10.4. The van der Waals surface area contributed by atoms with E-state index in [1.807, 2.05) is 47.8 Å². The second kappa shape index (κ2) is 6.31. The van der Waals surface area contributed by atoms with Crippen LogP contribution in [0.3, 0.4) is 0 Å². The monoisotopic (exact) mass is 318 g/mol. The van der Waals surface area contributed by atoms with Gasteiger partial charge in [-0.05, 0) is 24.1 Å². The predicted octanol–water partition coefficient (Wildman–Crippen LogP) is 5.58. The summed E-state index contributed by atoms with van der Waals surface area (Å²) in [5.41, 5.74) is 1.13. The van der Waals surface area contributed by atoms with Crippen LogP contribution in [-0.4, -0.2) is 4.98 Å². The highest BCUT2D eigenvalue weighted by molar-refractivity contribution is 8.00. The molecule has 0 unspecified atom stereocenters. The molecule has 0 aliphatic heterocycles. The molecule has 2 nitrogen and oxygen atoms in total. The first-order valence-corrected chi connectivity index (χ1v) is 8.09. The van der Waals surface area contributed by atoms with Crippen molar-refractivity contribution in [2.75, 3.05) is 4.72 Å². The third-order valence-electron chi connectivity index (χ3n) is 2.63. The van der Waals surface area contributed by atoms with E-state index in [0.717, 1.165) is 26.3 Å². The van der Waals surface area contributed by atoms with Crippen molar-refractivity contribution in [3.8, 4) is 10.6 Å². The quantitative estimate of drug-likeness (QED) is 0.635. The fraction of sp³-hybridized carbons (Fsp3) is 0. The van der Waals surface area contributed by atoms with E-state index in [4.69, 9.17) is 11.6 Å². The molecule has 0 saturated heterocycles. The molecule has 3 rings (SSSR count). The molecule has 0 bridgehead atoms. The van der Waals surface area contributed by atoms with Gasteiger partial charge in [0.1, 0.15) is 10.8 Å². The number of thiazole rings is 1. The summed E-state index contributed by atoms with van der Waals surface area (Å²) >= 11 is 9.21. The Morgan fingerprint density at radius 2 is 1.75 bits per heavy atom. The van der Waals surface area contributed by atoms with Gasteiger partial charge in [-0.1, -0.05) is 54.1 Å². The van der Waals surface area contributed by atoms with Crippen molar-refractivity contribution in [3.05, 3.63) is 65.0 Å². The molecule has 1 N–H and O–H groups in total. The fourth-order valence-corrected chi connectivity index (χ4v) is 3.38. The highest BCUT2D eigenvalue weighted by Crippen LogP contribution is 2.30. The number of benzene rings is 2. The number of nitrogens with zero attached hydrogens (tertiary/aromatic N) is 1. The number of rotatable bonds is 4. The zero-order valence-electron chi connectivity index (χ0n) is 10.4. The van der Waals surface area contributed by atoms with Gasteiger partial charge in [0.25, 0.3) is 0 Å². The molecule has 0 aliphatic rings. The van der Waals surface area contributed by atoms with Crippen molar-refractivity contribution in [3.63, 3.8) is 0 Å². The minimum Gasteiger partial charge on any atom is -0.309 e. The van der Waals surface area contributed by atoms with Crippen LogP contribution in [0.1, 0.15) is 0 Å². The molecule has 0 spiro atoms. The summed E-state index contributed by atoms with van der Waals surface area (Å²) in [6.45, 7) is 0. The van der Waals surface area contributed by atoms with Crippen LogP contribution in [0.2, 0.25) is 5.02 Å². The van der Waals surface area contributed by atoms with Crippen molar-refractivity contribution in [1.29, 1.82) is 0 Å². The molecule has 0 amide bonds. The summed E-state index contributed by atoms with van der Waals surface area (Å²) < 4.78 is 3.22. The molecule has 20 heavy (non-hydrogen) atoms. The Morgan fingerprint density at radius 1 is 1.00 bits per heavy atom. The minimum atomic E-state index is 0.739. The average Bonchev–Trinajstić information content (AvgIpc) is 2.96. The molecule has 5 heteroatoms. The van der Waals surface area contributed by atoms with Gasteiger partial charge >= 0.3 is 0 Å². The first kappa shape index (κ1) is 13.5. The molecular weight excluding hydrogens is 308 g/mol. The lowest BCUT2D eigenvalue weighted by Crippen LogP contribution is -1.87. The van der Waals surface area contributed by atoms with Crippen LogP contribution in [0.4, 0.5) is 5.82 Å². The first-order chi connectivity index (χ1) is 9.83. The summed E-state index contributed by atoms with van der Waals surface area (Å²) in [4.78, 5) is 5.56. The first-order valence-electron chi connectivity index (χ1n) is 6.01. The van der Waals surface area contributed by atoms with Gasteiger partial charge in [-0.2, -0.15) is 0 Å². The lowest BCUT2D eigenvalue weighted by Gasteiger charge is -2.03. The Morgan fingerprint density at radius 3 is 2.55 bits per heavy atom. The van der Waals surface area contributed by atoms with Gasteiger partial charge in [0.05, 0.1) is 5.02 Å². The molecule has 1 aromatic heterocycles. The molecule has 0 fully saturated rings. The van der Waals surface area contributed by atoms with Gasteiger partial charge in [0.2, 0.25) is 0 Å². The average molecular weight is 319 g/mol. The molecule has 0 radical (unpaired) electrons. The van der Waals surface area contributed by atoms with Crippen LogP contribution in [0.5, 0.6) is 0 Å². The van der Waals surface area contributed by atoms with E-state index in [-0.39, 0.29) is 0 Å². The van der Waals surface area contributed by atoms with Crippen molar-refractivity contribution < 1.29 is 0 Å². The van der Waals surface area contributed by atoms with Gasteiger partial charge in [-0.15, -0.1) is 11.3 Å². The maximum Gasteiger partial charge on any atom is 0.147 e. The third-order valence-corrected chi connectivity index (χ3v) is 4.85. The minimum absolute atomic E-state index is 0.739. The second-order valence-corrected chi connectivity index (χ2v) is 6.15. The number of hydrogen-bond acceptors (Lipinski definition) is 4. The smallest absolute Gasteiger partial charge is 0.147 e. The van der Waals surface area contributed by atoms with Crippen LogP contribution in [0, 0.1) is 0 Å². The van der Waals surface area contributed by atoms with Gasteiger partial charge < -0.3 is 4.72 Å². The van der Waals surface area contributed by atoms with Gasteiger partial charge in [0, 0.05) is 15.8 Å². The van der Waals surface area contributed by atoms with Crippen molar-refractivity contribution in [2.45, 2.75) is 4.90 Å². The van der Waals surface area contributed by atoms with Crippen molar-refractivity contribution in [2.24, 2.45) is 0 Å². The van der Waals surface area contributed by atoms with Crippen molar-refractivity contribution in [1.82, 2.24) is 4.98 Å². The fourth-order valence-electron chi connectivity index (χ4n) is 1.67. The highest BCUT2D eigenvalue weighted by Gasteiger charge is 2.05. The van der Waals surface area contributed by atoms with Crippen LogP contribution in [0.25, 0.3) is 10.6 Å². The Labute approximate surface area is 131 Å². The summed E-state index contributed by atoms with van der Waals surface area (Å²) in [5, 5.41) is 3.75. The van der Waals surface area contributed by atoms with Crippen LogP contribution in [0.15, 0.2) is 64.9 Å². The Balaban J connectivity index is 1.71. The van der Waals surface area contributed by atoms with Gasteiger partial charge in [-0.3, -0.25) is 0 Å². The maximum absolute atomic E-state index is 6.11. The highest BCUT2D eigenvalue weighted by atomic mass is 35.5. The Hall–Kier alpha value is -1.49. The van der Waals surface area contributed by atoms with E-state index in [2.05, 4.69) is 21.8 Å². The molecule has 1 heterocycles. The number of anilines is 1. The largest absolute Gasteiger partial charge is 0.309 e. The molecule has 0 aliphatic carbocycles. The van der Waals surface area contributed by atoms with Crippen molar-refractivity contribution >= 4 is 40.7 Å². The standard InChI is InChI=1S/C15H11ClN2S2/c16-12-8-4-5-9-13(12)20-18-14-10-19-15(17-14)11-6-2-1-3-7-11/h1-10,18H. The van der Waals surface area contributed by atoms with Gasteiger partial charge in [-0.25, -0.2) is 4.98 Å². The lowest BCUT2D eigenvalue weighted by atomic mass is 10.2. The summed E-state index contributed by atoms with van der Waals surface area (Å²) in [7, 11) is 0. The summed E-state index contributed by atoms with van der Waals surface area (Å²) in [5.74, 6) is 0.846. The topological polar surface area (TPSA) is 24.9 Å². The van der Waals surface area contributed by atoms with Crippen LogP contribution >= 0.6 is 34.9 Å². The zero-order valence-corrected chi connectivity index (χ0v) is 12.8. The van der Waals surface area contributed by atoms with Crippen LogP contribution < -0.4 is 4.72 Å². The maximum atomic E-state index is 6.11. The second-order valence-electron chi connectivity index (χ2n) is 4.04. The molecule has 0 atom stereocenters. The molecule has 0 saturated carbocycles. The SMILES string of the molecule is Clc1ccccc1SNc1csc(-c2ccccc2)n1. The van der Waals surface area contributed by atoms with Crippen LogP contribution in [-0.2, 0) is 0 Å².